The number of carbonyl (C=O) groups is 1. The van der Waals surface area contributed by atoms with Crippen LogP contribution in [0.3, 0.4) is 0 Å². The summed E-state index contributed by atoms with van der Waals surface area (Å²) in [5.74, 6) is 0.0873. The zero-order valence-corrected chi connectivity index (χ0v) is 14.8. The first-order valence-corrected chi connectivity index (χ1v) is 8.67. The highest BCUT2D eigenvalue weighted by Crippen LogP contribution is 2.13. The van der Waals surface area contributed by atoms with E-state index in [1.807, 2.05) is 22.7 Å². The highest BCUT2D eigenvalue weighted by atomic mass is 16.2. The van der Waals surface area contributed by atoms with Crippen LogP contribution in [0.1, 0.15) is 35.5 Å². The summed E-state index contributed by atoms with van der Waals surface area (Å²) in [6.45, 7) is 12.1. The molecule has 7 nitrogen and oxygen atoms in total. The van der Waals surface area contributed by atoms with Crippen molar-refractivity contribution < 1.29 is 4.79 Å². The van der Waals surface area contributed by atoms with Crippen LogP contribution in [0.2, 0.25) is 0 Å². The van der Waals surface area contributed by atoms with E-state index >= 15 is 0 Å². The summed E-state index contributed by atoms with van der Waals surface area (Å²) >= 11 is 0. The van der Waals surface area contributed by atoms with Gasteiger partial charge in [0, 0.05) is 63.8 Å². The lowest BCUT2D eigenvalue weighted by Crippen LogP contribution is -2.48. The van der Waals surface area contributed by atoms with Crippen molar-refractivity contribution in [1.29, 1.82) is 0 Å². The van der Waals surface area contributed by atoms with E-state index in [9.17, 15) is 4.79 Å². The molecule has 2 aromatic rings. The van der Waals surface area contributed by atoms with Gasteiger partial charge in [0.05, 0.1) is 17.5 Å². The number of carbonyl (C=O) groups excluding carboxylic acids is 1. The van der Waals surface area contributed by atoms with Crippen molar-refractivity contribution in [2.45, 2.75) is 40.4 Å². The fraction of sp³-hybridized carbons (Fsp3) is 0.588. The average molecular weight is 330 g/mol. The molecule has 1 fully saturated rings. The van der Waals surface area contributed by atoms with Crippen LogP contribution in [0.4, 0.5) is 0 Å². The number of rotatable bonds is 5. The second-order valence-electron chi connectivity index (χ2n) is 6.25. The van der Waals surface area contributed by atoms with Crippen molar-refractivity contribution >= 4 is 5.91 Å². The fourth-order valence-corrected chi connectivity index (χ4v) is 3.06. The Bertz CT molecular complexity index is 696. The van der Waals surface area contributed by atoms with Gasteiger partial charge >= 0.3 is 0 Å². The van der Waals surface area contributed by atoms with Crippen LogP contribution in [0.5, 0.6) is 0 Å². The molecule has 0 atom stereocenters. The first-order chi connectivity index (χ1) is 11.6. The molecule has 0 aromatic carbocycles. The van der Waals surface area contributed by atoms with E-state index in [1.165, 1.54) is 5.56 Å². The van der Waals surface area contributed by atoms with Crippen molar-refractivity contribution in [3.05, 3.63) is 35.4 Å². The molecule has 0 N–H and O–H groups in total. The Balaban J connectivity index is 1.55. The quantitative estimate of drug-likeness (QED) is 0.831. The Labute approximate surface area is 142 Å². The summed E-state index contributed by atoms with van der Waals surface area (Å²) < 4.78 is 3.77. The molecule has 0 spiro atoms. The minimum absolute atomic E-state index is 0.0873. The van der Waals surface area contributed by atoms with E-state index in [-0.39, 0.29) is 5.91 Å². The number of aromatic nitrogens is 4. The second kappa shape index (κ2) is 7.17. The standard InChI is InChI=1S/C17H26N6O/c1-4-22-12-15(10-18-22)17(24)21-8-6-20(7-9-21)11-16-13-23(5-2)19-14(16)3/h10,12-13H,4-9,11H2,1-3H3. The van der Waals surface area contributed by atoms with Crippen LogP contribution in [0, 0.1) is 6.92 Å². The summed E-state index contributed by atoms with van der Waals surface area (Å²) in [6.07, 6.45) is 5.63. The smallest absolute Gasteiger partial charge is 0.257 e. The molecule has 24 heavy (non-hydrogen) atoms. The van der Waals surface area contributed by atoms with Crippen molar-refractivity contribution in [2.24, 2.45) is 0 Å². The normalized spacial score (nSPS) is 15.9. The summed E-state index contributed by atoms with van der Waals surface area (Å²) in [6, 6.07) is 0. The molecule has 2 aromatic heterocycles. The van der Waals surface area contributed by atoms with E-state index in [1.54, 1.807) is 10.9 Å². The first kappa shape index (κ1) is 16.7. The van der Waals surface area contributed by atoms with Crippen LogP contribution in [0.15, 0.2) is 18.6 Å². The number of aryl methyl sites for hydroxylation is 3. The molecule has 0 bridgehead atoms. The Hall–Kier alpha value is -2.15. The van der Waals surface area contributed by atoms with Gasteiger partial charge in [-0.2, -0.15) is 10.2 Å². The molecule has 0 unspecified atom stereocenters. The molecule has 0 saturated carbocycles. The number of amides is 1. The summed E-state index contributed by atoms with van der Waals surface area (Å²) in [4.78, 5) is 16.8. The molecular weight excluding hydrogens is 304 g/mol. The number of piperazine rings is 1. The molecule has 0 aliphatic carbocycles. The van der Waals surface area contributed by atoms with Gasteiger partial charge in [-0.15, -0.1) is 0 Å². The highest BCUT2D eigenvalue weighted by molar-refractivity contribution is 5.93. The molecule has 3 heterocycles. The van der Waals surface area contributed by atoms with Crippen LogP contribution < -0.4 is 0 Å². The zero-order chi connectivity index (χ0) is 17.1. The zero-order valence-electron chi connectivity index (χ0n) is 14.8. The molecular formula is C17H26N6O. The second-order valence-corrected chi connectivity index (χ2v) is 6.25. The minimum atomic E-state index is 0.0873. The van der Waals surface area contributed by atoms with Gasteiger partial charge in [-0.25, -0.2) is 0 Å². The van der Waals surface area contributed by atoms with Crippen LogP contribution in [-0.2, 0) is 19.6 Å². The summed E-state index contributed by atoms with van der Waals surface area (Å²) in [5, 5.41) is 8.69. The van der Waals surface area contributed by atoms with Gasteiger partial charge < -0.3 is 4.90 Å². The lowest BCUT2D eigenvalue weighted by atomic mass is 10.2. The van der Waals surface area contributed by atoms with E-state index in [2.05, 4.69) is 35.1 Å². The molecule has 1 saturated heterocycles. The van der Waals surface area contributed by atoms with Gasteiger partial charge in [-0.05, 0) is 20.8 Å². The Morgan fingerprint density at radius 1 is 1.08 bits per heavy atom. The maximum Gasteiger partial charge on any atom is 0.257 e. The third-order valence-electron chi connectivity index (χ3n) is 4.63. The van der Waals surface area contributed by atoms with Gasteiger partial charge in [0.15, 0.2) is 0 Å². The summed E-state index contributed by atoms with van der Waals surface area (Å²) in [5.41, 5.74) is 3.06. The summed E-state index contributed by atoms with van der Waals surface area (Å²) in [7, 11) is 0. The van der Waals surface area contributed by atoms with E-state index in [0.717, 1.165) is 51.5 Å². The predicted molar refractivity (Wildman–Crippen MR) is 91.7 cm³/mol. The molecule has 1 aliphatic rings. The first-order valence-electron chi connectivity index (χ1n) is 8.67. The largest absolute Gasteiger partial charge is 0.336 e. The number of hydrogen-bond acceptors (Lipinski definition) is 4. The van der Waals surface area contributed by atoms with Gasteiger partial charge in [0.2, 0.25) is 0 Å². The van der Waals surface area contributed by atoms with Crippen LogP contribution >= 0.6 is 0 Å². The van der Waals surface area contributed by atoms with Crippen molar-refractivity contribution in [2.75, 3.05) is 26.2 Å². The highest BCUT2D eigenvalue weighted by Gasteiger charge is 2.23. The number of hydrogen-bond donors (Lipinski definition) is 0. The minimum Gasteiger partial charge on any atom is -0.336 e. The topological polar surface area (TPSA) is 59.2 Å². The lowest BCUT2D eigenvalue weighted by Gasteiger charge is -2.34. The van der Waals surface area contributed by atoms with E-state index < -0.39 is 0 Å². The van der Waals surface area contributed by atoms with Gasteiger partial charge in [-0.3, -0.25) is 19.1 Å². The SMILES string of the molecule is CCn1cc(C(=O)N2CCN(Cc3cn(CC)nc3C)CC2)cn1. The maximum atomic E-state index is 12.5. The van der Waals surface area contributed by atoms with Gasteiger partial charge in [0.1, 0.15) is 0 Å². The Kier molecular flexibility index (Phi) is 4.99. The molecule has 130 valence electrons. The van der Waals surface area contributed by atoms with Gasteiger partial charge in [-0.1, -0.05) is 0 Å². The average Bonchev–Trinajstić information content (AvgIpc) is 3.22. The fourth-order valence-electron chi connectivity index (χ4n) is 3.06. The van der Waals surface area contributed by atoms with Crippen molar-refractivity contribution in [3.63, 3.8) is 0 Å². The molecule has 1 amide bonds. The lowest BCUT2D eigenvalue weighted by molar-refractivity contribution is 0.0628. The van der Waals surface area contributed by atoms with E-state index in [0.29, 0.717) is 5.56 Å². The molecule has 3 rings (SSSR count). The van der Waals surface area contributed by atoms with Crippen LogP contribution in [0.25, 0.3) is 0 Å². The third-order valence-corrected chi connectivity index (χ3v) is 4.63. The third kappa shape index (κ3) is 3.51. The Morgan fingerprint density at radius 3 is 2.38 bits per heavy atom. The number of nitrogens with zero attached hydrogens (tertiary/aromatic N) is 6. The molecule has 7 heteroatoms. The Morgan fingerprint density at radius 2 is 1.79 bits per heavy atom. The van der Waals surface area contributed by atoms with Crippen LogP contribution in [-0.4, -0.2) is 61.4 Å². The molecule has 1 aliphatic heterocycles. The molecule has 0 radical (unpaired) electrons. The predicted octanol–water partition coefficient (Wildman–Crippen LogP) is 1.39. The van der Waals surface area contributed by atoms with Gasteiger partial charge in [0.25, 0.3) is 5.91 Å². The van der Waals surface area contributed by atoms with Crippen molar-refractivity contribution in [1.82, 2.24) is 29.4 Å². The monoisotopic (exact) mass is 330 g/mol. The maximum absolute atomic E-state index is 12.5. The van der Waals surface area contributed by atoms with Crippen molar-refractivity contribution in [3.8, 4) is 0 Å². The van der Waals surface area contributed by atoms with E-state index in [4.69, 9.17) is 0 Å².